The number of halogens is 1. The maximum Gasteiger partial charge on any atom is 0.257 e. The summed E-state index contributed by atoms with van der Waals surface area (Å²) in [7, 11) is 0. The van der Waals surface area contributed by atoms with Gasteiger partial charge in [-0.05, 0) is 40.9 Å². The third-order valence-corrected chi connectivity index (χ3v) is 7.07. The Balaban J connectivity index is 1.55. The van der Waals surface area contributed by atoms with Crippen molar-refractivity contribution in [3.8, 4) is 11.3 Å². The van der Waals surface area contributed by atoms with E-state index >= 15 is 0 Å². The first-order valence-corrected chi connectivity index (χ1v) is 11.7. The molecule has 0 unspecified atom stereocenters. The molecule has 5 nitrogen and oxygen atoms in total. The van der Waals surface area contributed by atoms with Gasteiger partial charge in [0.1, 0.15) is 10.7 Å². The van der Waals surface area contributed by atoms with E-state index in [1.54, 1.807) is 6.07 Å². The number of amides is 2. The van der Waals surface area contributed by atoms with Gasteiger partial charge >= 0.3 is 0 Å². The van der Waals surface area contributed by atoms with Gasteiger partial charge in [0.2, 0.25) is 5.91 Å². The van der Waals surface area contributed by atoms with Crippen molar-refractivity contribution in [2.45, 2.75) is 23.2 Å². The Morgan fingerprint density at radius 3 is 2.55 bits per heavy atom. The number of aromatic nitrogens is 1. The van der Waals surface area contributed by atoms with Gasteiger partial charge < -0.3 is 10.6 Å². The zero-order chi connectivity index (χ0) is 20.2. The molecule has 1 fully saturated rings. The van der Waals surface area contributed by atoms with E-state index in [0.717, 1.165) is 27.2 Å². The quantitative estimate of drug-likeness (QED) is 0.449. The second-order valence-electron chi connectivity index (χ2n) is 6.59. The van der Waals surface area contributed by atoms with Crippen LogP contribution in [0.25, 0.3) is 11.3 Å². The van der Waals surface area contributed by atoms with Gasteiger partial charge in [0.15, 0.2) is 4.34 Å². The Bertz CT molecular complexity index is 1040. The van der Waals surface area contributed by atoms with Crippen molar-refractivity contribution >= 4 is 55.8 Å². The molecule has 1 heterocycles. The molecule has 2 aromatic carbocycles. The normalized spacial score (nSPS) is 13.1. The summed E-state index contributed by atoms with van der Waals surface area (Å²) in [5.41, 5.74) is 2.18. The van der Waals surface area contributed by atoms with Crippen LogP contribution in [0.3, 0.4) is 0 Å². The molecule has 0 bridgehead atoms. The van der Waals surface area contributed by atoms with Crippen molar-refractivity contribution in [3.05, 3.63) is 64.6 Å². The van der Waals surface area contributed by atoms with E-state index in [1.807, 2.05) is 48.5 Å². The summed E-state index contributed by atoms with van der Waals surface area (Å²) in [5.74, 6) is 0.129. The first-order valence-electron chi connectivity index (χ1n) is 9.14. The highest BCUT2D eigenvalue weighted by atomic mass is 79.9. The molecule has 1 aliphatic rings. The third-order valence-electron chi connectivity index (χ3n) is 4.27. The van der Waals surface area contributed by atoms with Gasteiger partial charge in [-0.3, -0.25) is 9.59 Å². The fourth-order valence-corrected chi connectivity index (χ4v) is 5.02. The van der Waals surface area contributed by atoms with Crippen LogP contribution in [0.1, 0.15) is 23.2 Å². The number of benzene rings is 2. The molecule has 0 spiro atoms. The topological polar surface area (TPSA) is 71.1 Å². The first kappa shape index (κ1) is 20.1. The van der Waals surface area contributed by atoms with E-state index < -0.39 is 0 Å². The Kier molecular flexibility index (Phi) is 6.32. The monoisotopic (exact) mass is 487 g/mol. The van der Waals surface area contributed by atoms with Gasteiger partial charge in [0.25, 0.3) is 5.91 Å². The van der Waals surface area contributed by atoms with Crippen LogP contribution < -0.4 is 10.6 Å². The predicted molar refractivity (Wildman–Crippen MR) is 122 cm³/mol. The summed E-state index contributed by atoms with van der Waals surface area (Å²) in [6.07, 6.45) is 2.13. The molecule has 2 amide bonds. The molecule has 8 heteroatoms. The summed E-state index contributed by atoms with van der Waals surface area (Å²) in [4.78, 5) is 29.5. The number of anilines is 1. The molecule has 0 saturated heterocycles. The molecular formula is C21H18BrN3O2S2. The predicted octanol–water partition coefficient (Wildman–Crippen LogP) is 5.20. The van der Waals surface area contributed by atoms with Gasteiger partial charge in [0, 0.05) is 16.1 Å². The number of nitrogens with zero attached hydrogens (tertiary/aromatic N) is 1. The van der Waals surface area contributed by atoms with Crippen molar-refractivity contribution in [2.24, 2.45) is 0 Å². The zero-order valence-electron chi connectivity index (χ0n) is 15.4. The van der Waals surface area contributed by atoms with E-state index in [4.69, 9.17) is 4.98 Å². The van der Waals surface area contributed by atoms with Crippen LogP contribution in [0.5, 0.6) is 0 Å². The lowest BCUT2D eigenvalue weighted by Gasteiger charge is -2.06. The lowest BCUT2D eigenvalue weighted by atomic mass is 10.1. The summed E-state index contributed by atoms with van der Waals surface area (Å²) in [5, 5.41) is 6.64. The molecule has 1 aliphatic carbocycles. The molecule has 0 aliphatic heterocycles. The van der Waals surface area contributed by atoms with Crippen LogP contribution in [0.15, 0.2) is 63.4 Å². The molecule has 148 valence electrons. The SMILES string of the molecule is O=C(CSc1nc(-c2ccccc2)c(NC(=O)c2ccccc2Br)s1)NC1CC1. The summed E-state index contributed by atoms with van der Waals surface area (Å²) >= 11 is 6.20. The van der Waals surface area contributed by atoms with Crippen molar-refractivity contribution < 1.29 is 9.59 Å². The second-order valence-corrected chi connectivity index (χ2v) is 9.66. The molecule has 4 rings (SSSR count). The van der Waals surface area contributed by atoms with Crippen molar-refractivity contribution in [2.75, 3.05) is 11.1 Å². The number of thioether (sulfide) groups is 1. The van der Waals surface area contributed by atoms with Gasteiger partial charge in [-0.1, -0.05) is 65.6 Å². The number of carbonyl (C=O) groups is 2. The molecule has 1 aromatic heterocycles. The number of hydrogen-bond donors (Lipinski definition) is 2. The van der Waals surface area contributed by atoms with Gasteiger partial charge in [-0.25, -0.2) is 4.98 Å². The highest BCUT2D eigenvalue weighted by Crippen LogP contribution is 2.38. The number of hydrogen-bond acceptors (Lipinski definition) is 5. The van der Waals surface area contributed by atoms with Crippen LogP contribution in [0.2, 0.25) is 0 Å². The molecule has 3 aromatic rings. The van der Waals surface area contributed by atoms with Crippen LogP contribution in [0.4, 0.5) is 5.00 Å². The number of carbonyl (C=O) groups excluding carboxylic acids is 2. The number of thiazole rings is 1. The highest BCUT2D eigenvalue weighted by molar-refractivity contribution is 9.10. The molecule has 2 N–H and O–H groups in total. The molecule has 0 atom stereocenters. The number of nitrogens with one attached hydrogen (secondary N) is 2. The Morgan fingerprint density at radius 1 is 1.10 bits per heavy atom. The highest BCUT2D eigenvalue weighted by Gasteiger charge is 2.24. The largest absolute Gasteiger partial charge is 0.353 e. The Morgan fingerprint density at radius 2 is 1.83 bits per heavy atom. The second kappa shape index (κ2) is 9.11. The lowest BCUT2D eigenvalue weighted by molar-refractivity contribution is -0.118. The Hall–Kier alpha value is -2.16. The maximum absolute atomic E-state index is 12.8. The van der Waals surface area contributed by atoms with E-state index in [2.05, 4.69) is 26.6 Å². The first-order chi connectivity index (χ1) is 14.1. The summed E-state index contributed by atoms with van der Waals surface area (Å²) < 4.78 is 1.48. The van der Waals surface area contributed by atoms with Crippen molar-refractivity contribution in [3.63, 3.8) is 0 Å². The van der Waals surface area contributed by atoms with Crippen molar-refractivity contribution in [1.82, 2.24) is 10.3 Å². The van der Waals surface area contributed by atoms with Crippen LogP contribution in [-0.2, 0) is 4.79 Å². The van der Waals surface area contributed by atoms with Crippen LogP contribution >= 0.6 is 39.0 Å². The van der Waals surface area contributed by atoms with E-state index in [-0.39, 0.29) is 11.8 Å². The smallest absolute Gasteiger partial charge is 0.257 e. The number of rotatable bonds is 7. The van der Waals surface area contributed by atoms with Gasteiger partial charge in [0.05, 0.1) is 11.3 Å². The summed E-state index contributed by atoms with van der Waals surface area (Å²) in [6, 6.07) is 17.4. The van der Waals surface area contributed by atoms with Crippen LogP contribution in [-0.4, -0.2) is 28.6 Å². The standard InChI is InChI=1S/C21H18BrN3O2S2/c22-16-9-5-4-8-15(16)19(27)25-20-18(13-6-2-1-3-7-13)24-21(29-20)28-12-17(26)23-14-10-11-14/h1-9,14H,10-12H2,(H,23,26)(H,25,27). The molecular weight excluding hydrogens is 470 g/mol. The average Bonchev–Trinajstić information content (AvgIpc) is 3.45. The minimum Gasteiger partial charge on any atom is -0.353 e. The van der Waals surface area contributed by atoms with E-state index in [9.17, 15) is 9.59 Å². The lowest BCUT2D eigenvalue weighted by Crippen LogP contribution is -2.26. The van der Waals surface area contributed by atoms with Gasteiger partial charge in [-0.2, -0.15) is 0 Å². The molecule has 29 heavy (non-hydrogen) atoms. The summed E-state index contributed by atoms with van der Waals surface area (Å²) in [6.45, 7) is 0. The van der Waals surface area contributed by atoms with Crippen molar-refractivity contribution in [1.29, 1.82) is 0 Å². The maximum atomic E-state index is 12.8. The van der Waals surface area contributed by atoms with E-state index in [0.29, 0.717) is 28.1 Å². The van der Waals surface area contributed by atoms with Gasteiger partial charge in [-0.15, -0.1) is 0 Å². The minimum atomic E-state index is -0.207. The zero-order valence-corrected chi connectivity index (χ0v) is 18.6. The van der Waals surface area contributed by atoms with Crippen LogP contribution in [0, 0.1) is 0 Å². The Labute approximate surface area is 185 Å². The average molecular weight is 488 g/mol. The molecule has 1 saturated carbocycles. The van der Waals surface area contributed by atoms with E-state index in [1.165, 1.54) is 23.1 Å². The fourth-order valence-electron chi connectivity index (χ4n) is 2.68. The molecule has 0 radical (unpaired) electrons. The minimum absolute atomic E-state index is 0.0211. The third kappa shape index (κ3) is 5.26. The fraction of sp³-hybridized carbons (Fsp3) is 0.190.